The van der Waals surface area contributed by atoms with Gasteiger partial charge in [0.1, 0.15) is 0 Å². The van der Waals surface area contributed by atoms with Crippen LogP contribution in [0, 0.1) is 0 Å². The number of hydrogen-bond acceptors (Lipinski definition) is 2. The Bertz CT molecular complexity index is 174. The van der Waals surface area contributed by atoms with Crippen molar-refractivity contribution in [2.24, 2.45) is 0 Å². The highest BCUT2D eigenvalue weighted by atomic mass is 16.4. The SMILES string of the molecule is [B]C(=O)[C@@H]1CCCN1C(=O)O. The monoisotopic (exact) mass is 153 g/mol. The summed E-state index contributed by atoms with van der Waals surface area (Å²) in [6, 6.07) is -0.604. The van der Waals surface area contributed by atoms with Crippen molar-refractivity contribution in [3.05, 3.63) is 0 Å². The maximum absolute atomic E-state index is 10.6. The Labute approximate surface area is 65.6 Å². The van der Waals surface area contributed by atoms with Gasteiger partial charge in [-0.05, 0) is 12.8 Å². The molecule has 4 nitrogen and oxygen atoms in total. The van der Waals surface area contributed by atoms with E-state index in [1.165, 1.54) is 0 Å². The molecule has 5 heteroatoms. The van der Waals surface area contributed by atoms with Crippen LogP contribution in [0.2, 0.25) is 0 Å². The molecule has 0 spiro atoms. The van der Waals surface area contributed by atoms with Gasteiger partial charge in [-0.15, -0.1) is 0 Å². The van der Waals surface area contributed by atoms with Crippen LogP contribution in [-0.2, 0) is 4.79 Å². The zero-order valence-corrected chi connectivity index (χ0v) is 5.99. The second kappa shape index (κ2) is 2.94. The highest BCUT2D eigenvalue weighted by Gasteiger charge is 2.30. The summed E-state index contributed by atoms with van der Waals surface area (Å²) < 4.78 is 0. The van der Waals surface area contributed by atoms with Gasteiger partial charge in [0.05, 0.1) is 11.7 Å². The molecule has 0 aliphatic carbocycles. The summed E-state index contributed by atoms with van der Waals surface area (Å²) in [5.74, 6) is 0. The summed E-state index contributed by atoms with van der Waals surface area (Å²) in [7, 11) is 4.98. The van der Waals surface area contributed by atoms with Crippen LogP contribution in [0.1, 0.15) is 12.8 Å². The van der Waals surface area contributed by atoms with Gasteiger partial charge < -0.3 is 9.90 Å². The molecule has 58 valence electrons. The maximum Gasteiger partial charge on any atom is 0.407 e. The van der Waals surface area contributed by atoms with Crippen molar-refractivity contribution >= 4 is 19.6 Å². The summed E-state index contributed by atoms with van der Waals surface area (Å²) in [4.78, 5) is 22.2. The van der Waals surface area contributed by atoms with Crippen molar-refractivity contribution in [3.8, 4) is 0 Å². The van der Waals surface area contributed by atoms with Gasteiger partial charge in [0, 0.05) is 6.54 Å². The van der Waals surface area contributed by atoms with Gasteiger partial charge in [-0.25, -0.2) is 4.79 Å². The van der Waals surface area contributed by atoms with E-state index in [0.717, 1.165) is 11.3 Å². The number of amides is 1. The molecule has 1 aliphatic heterocycles. The van der Waals surface area contributed by atoms with Crippen LogP contribution in [-0.4, -0.2) is 42.2 Å². The zero-order chi connectivity index (χ0) is 8.43. The largest absolute Gasteiger partial charge is 0.465 e. The van der Waals surface area contributed by atoms with E-state index in [0.29, 0.717) is 13.0 Å². The molecule has 1 rings (SSSR count). The average Bonchev–Trinajstić information content (AvgIpc) is 2.32. The van der Waals surface area contributed by atoms with Gasteiger partial charge in [-0.2, -0.15) is 0 Å². The average molecular weight is 153 g/mol. The molecule has 1 fully saturated rings. The third-order valence-electron chi connectivity index (χ3n) is 1.83. The highest BCUT2D eigenvalue weighted by Crippen LogP contribution is 2.16. The minimum atomic E-state index is -1.06. The van der Waals surface area contributed by atoms with Crippen molar-refractivity contribution in [1.82, 2.24) is 4.90 Å². The summed E-state index contributed by atoms with van der Waals surface area (Å²) >= 11 is 0. The first-order chi connectivity index (χ1) is 5.13. The molecule has 0 aromatic heterocycles. The van der Waals surface area contributed by atoms with Crippen LogP contribution in [0.3, 0.4) is 0 Å². The van der Waals surface area contributed by atoms with Crippen molar-refractivity contribution < 1.29 is 14.7 Å². The lowest BCUT2D eigenvalue weighted by atomic mass is 9.93. The number of nitrogens with zero attached hydrogens (tertiary/aromatic N) is 1. The predicted octanol–water partition coefficient (Wildman–Crippen LogP) is -0.176. The molecule has 0 unspecified atom stereocenters. The Morgan fingerprint density at radius 2 is 2.18 bits per heavy atom. The Morgan fingerprint density at radius 1 is 1.55 bits per heavy atom. The van der Waals surface area contributed by atoms with Crippen LogP contribution < -0.4 is 0 Å². The van der Waals surface area contributed by atoms with Gasteiger partial charge in [-0.1, -0.05) is 0 Å². The fourth-order valence-corrected chi connectivity index (χ4v) is 1.29. The van der Waals surface area contributed by atoms with E-state index < -0.39 is 17.8 Å². The van der Waals surface area contributed by atoms with E-state index in [1.807, 2.05) is 0 Å². The number of carbonyl (C=O) groups excluding carboxylic acids is 1. The van der Waals surface area contributed by atoms with Gasteiger partial charge >= 0.3 is 6.09 Å². The lowest BCUT2D eigenvalue weighted by Gasteiger charge is -2.18. The molecule has 1 aliphatic rings. The molecule has 1 amide bonds. The van der Waals surface area contributed by atoms with E-state index in [2.05, 4.69) is 0 Å². The van der Waals surface area contributed by atoms with Crippen LogP contribution >= 0.6 is 0 Å². The summed E-state index contributed by atoms with van der Waals surface area (Å²) in [6.07, 6.45) is 0.216. The van der Waals surface area contributed by atoms with Gasteiger partial charge in [0.25, 0.3) is 0 Å². The highest BCUT2D eigenvalue weighted by molar-refractivity contribution is 6.59. The van der Waals surface area contributed by atoms with E-state index in [1.54, 1.807) is 0 Å². The first-order valence-electron chi connectivity index (χ1n) is 3.42. The van der Waals surface area contributed by atoms with Gasteiger partial charge in [0.2, 0.25) is 0 Å². The number of carbonyl (C=O) groups is 2. The van der Waals surface area contributed by atoms with E-state index in [4.69, 9.17) is 13.0 Å². The van der Waals surface area contributed by atoms with E-state index >= 15 is 0 Å². The van der Waals surface area contributed by atoms with Gasteiger partial charge in [-0.3, -0.25) is 4.90 Å². The van der Waals surface area contributed by atoms with Crippen molar-refractivity contribution in [2.45, 2.75) is 18.9 Å². The molecule has 2 radical (unpaired) electrons. The Hall–Kier alpha value is -0.995. The normalized spacial score (nSPS) is 23.6. The minimum Gasteiger partial charge on any atom is -0.465 e. The van der Waals surface area contributed by atoms with Crippen LogP contribution in [0.15, 0.2) is 0 Å². The molecule has 0 aromatic rings. The van der Waals surface area contributed by atoms with Crippen molar-refractivity contribution in [3.63, 3.8) is 0 Å². The Kier molecular flexibility index (Phi) is 2.17. The fourth-order valence-electron chi connectivity index (χ4n) is 1.29. The number of rotatable bonds is 1. The zero-order valence-electron chi connectivity index (χ0n) is 5.99. The van der Waals surface area contributed by atoms with Crippen LogP contribution in [0.4, 0.5) is 4.79 Å². The third-order valence-corrected chi connectivity index (χ3v) is 1.83. The third kappa shape index (κ3) is 1.53. The molecule has 1 N–H and O–H groups in total. The molecule has 0 aromatic carbocycles. The molecule has 0 bridgehead atoms. The van der Waals surface area contributed by atoms with Crippen LogP contribution in [0.5, 0.6) is 0 Å². The van der Waals surface area contributed by atoms with E-state index in [-0.39, 0.29) is 0 Å². The lowest BCUT2D eigenvalue weighted by Crippen LogP contribution is -2.39. The second-order valence-electron chi connectivity index (χ2n) is 2.54. The topological polar surface area (TPSA) is 57.6 Å². The van der Waals surface area contributed by atoms with Crippen molar-refractivity contribution in [2.75, 3.05) is 6.54 Å². The number of carboxylic acid groups (broad SMARTS) is 1. The molecule has 11 heavy (non-hydrogen) atoms. The molecule has 1 atom stereocenters. The molecular weight excluding hydrogens is 145 g/mol. The summed E-state index contributed by atoms with van der Waals surface area (Å²) in [5, 5.41) is 8.55. The Morgan fingerprint density at radius 3 is 2.55 bits per heavy atom. The lowest BCUT2D eigenvalue weighted by molar-refractivity contribution is -0.115. The smallest absolute Gasteiger partial charge is 0.407 e. The fraction of sp³-hybridized carbons (Fsp3) is 0.667. The maximum atomic E-state index is 10.6. The van der Waals surface area contributed by atoms with Crippen molar-refractivity contribution in [1.29, 1.82) is 0 Å². The quantitative estimate of drug-likeness (QED) is 0.531. The number of hydrogen-bond donors (Lipinski definition) is 1. The predicted molar refractivity (Wildman–Crippen MR) is 38.5 cm³/mol. The minimum absolute atomic E-state index is 0.420. The molecule has 0 saturated carbocycles. The second-order valence-corrected chi connectivity index (χ2v) is 2.54. The number of likely N-dealkylation sites (tertiary alicyclic amines) is 1. The molecule has 1 saturated heterocycles. The van der Waals surface area contributed by atoms with Crippen LogP contribution in [0.25, 0.3) is 0 Å². The first kappa shape index (κ1) is 8.10. The summed E-state index contributed by atoms with van der Waals surface area (Å²) in [6.45, 7) is 0.420. The van der Waals surface area contributed by atoms with Gasteiger partial charge in [0.15, 0.2) is 7.85 Å². The molecule has 1 heterocycles. The summed E-state index contributed by atoms with van der Waals surface area (Å²) in [5.41, 5.74) is -0.551. The molecular formula is C6H8BNO3. The first-order valence-corrected chi connectivity index (χ1v) is 3.42. The van der Waals surface area contributed by atoms with E-state index in [9.17, 15) is 9.59 Å². The standard InChI is InChI=1S/C6H8BNO3/c7-5(9)4-2-1-3-8(4)6(10)11/h4H,1-3H2,(H,10,11)/t4-/m0/s1. The Balaban J connectivity index is 2.65.